The summed E-state index contributed by atoms with van der Waals surface area (Å²) in [5.41, 5.74) is 9.85. The maximum Gasteiger partial charge on any atom is 0.192 e. The van der Waals surface area contributed by atoms with Crippen LogP contribution in [0.25, 0.3) is 11.2 Å². The number of benzene rings is 2. The molecule has 5 rings (SSSR count). The van der Waals surface area contributed by atoms with Crippen molar-refractivity contribution in [2.45, 2.75) is 115 Å². The fourth-order valence-corrected chi connectivity index (χ4v) is 8.65. The number of imidazole rings is 1. The van der Waals surface area contributed by atoms with E-state index in [0.717, 1.165) is 0 Å². The highest BCUT2D eigenvalue weighted by molar-refractivity contribution is 6.74. The first kappa shape index (κ1) is 39.2. The molecule has 278 valence electrons. The van der Waals surface area contributed by atoms with Gasteiger partial charge in [-0.3, -0.25) is 4.57 Å². The molecule has 10 nitrogen and oxygen atoms in total. The molecule has 4 atom stereocenters. The third-order valence-electron chi connectivity index (χ3n) is 11.1. The first-order valence-corrected chi connectivity index (χ1v) is 24.1. The highest BCUT2D eigenvalue weighted by Gasteiger charge is 2.54. The molecule has 3 heterocycles. The van der Waals surface area contributed by atoms with Gasteiger partial charge in [0, 0.05) is 26.0 Å². The van der Waals surface area contributed by atoms with Crippen molar-refractivity contribution in [2.24, 2.45) is 5.73 Å². The largest absolute Gasteiger partial charge is 0.408 e. The second-order valence-electron chi connectivity index (χ2n) is 16.8. The number of ether oxygens (including phenoxy) is 2. The Hall–Kier alpha value is -2.98. The number of nitrogens with two attached hydrogens (primary N) is 1. The molecule has 12 heteroatoms. The topological polar surface area (TPSA) is 119 Å². The number of nitrogens with one attached hydrogen (secondary N) is 1. The lowest BCUT2D eigenvalue weighted by molar-refractivity contribution is -0.0562. The maximum atomic E-state index is 7.31. The molecule has 51 heavy (non-hydrogen) atoms. The van der Waals surface area contributed by atoms with Gasteiger partial charge in [-0.05, 0) is 53.9 Å². The lowest BCUT2D eigenvalue weighted by atomic mass is 9.91. The van der Waals surface area contributed by atoms with Crippen LogP contribution in [-0.4, -0.2) is 81.3 Å². The quantitative estimate of drug-likeness (QED) is 0.125. The summed E-state index contributed by atoms with van der Waals surface area (Å²) in [5.74, 6) is 1.41. The van der Waals surface area contributed by atoms with E-state index in [1.165, 1.54) is 11.1 Å². The minimum Gasteiger partial charge on any atom is -0.408 e. The summed E-state index contributed by atoms with van der Waals surface area (Å²) in [6.07, 6.45) is 0.685. The van der Waals surface area contributed by atoms with Crippen LogP contribution in [0.2, 0.25) is 36.3 Å². The Morgan fingerprint density at radius 1 is 0.843 bits per heavy atom. The minimum absolute atomic E-state index is 0.00574. The third kappa shape index (κ3) is 8.64. The van der Waals surface area contributed by atoms with Crippen molar-refractivity contribution in [3.8, 4) is 0 Å². The van der Waals surface area contributed by atoms with Crippen LogP contribution in [0.15, 0.2) is 67.0 Å². The predicted octanol–water partition coefficient (Wildman–Crippen LogP) is 7.90. The summed E-state index contributed by atoms with van der Waals surface area (Å²) in [6, 6.07) is 21.1. The Balaban J connectivity index is 1.59. The van der Waals surface area contributed by atoms with E-state index < -0.39 is 29.0 Å². The van der Waals surface area contributed by atoms with Gasteiger partial charge in [-0.2, -0.15) is 0 Å². The SMILES string of the molecule is COC[C@H]1O[C@@H](n2cnc3c(NCC(c4ccccc4)c4ccccc4)nc(CCN)nc32)[C@@H](O[Si](C)(C)C(C)(C)C)[C@@H]1O[Si](C)(C)C(C)(C)C. The summed E-state index contributed by atoms with van der Waals surface area (Å²) in [5, 5.41) is 3.63. The van der Waals surface area contributed by atoms with E-state index in [1.807, 2.05) is 23.0 Å². The summed E-state index contributed by atoms with van der Waals surface area (Å²) in [7, 11) is -2.86. The van der Waals surface area contributed by atoms with E-state index in [2.05, 4.69) is 122 Å². The number of methoxy groups -OCH3 is 1. The molecular weight excluding hydrogens is 673 g/mol. The molecule has 0 radical (unpaired) electrons. The Labute approximate surface area is 307 Å². The zero-order valence-corrected chi connectivity index (χ0v) is 34.6. The second-order valence-corrected chi connectivity index (χ2v) is 26.3. The number of rotatable bonds is 14. The molecular formula is C39H60N6O4Si2. The van der Waals surface area contributed by atoms with Crippen molar-refractivity contribution in [1.29, 1.82) is 0 Å². The maximum absolute atomic E-state index is 7.31. The Morgan fingerprint density at radius 3 is 1.90 bits per heavy atom. The fourth-order valence-electron chi connectivity index (χ4n) is 6.04. The van der Waals surface area contributed by atoms with Crippen LogP contribution < -0.4 is 11.1 Å². The molecule has 1 fully saturated rings. The van der Waals surface area contributed by atoms with Crippen LogP contribution in [0.3, 0.4) is 0 Å². The molecule has 0 unspecified atom stereocenters. The molecule has 3 N–H and O–H groups in total. The van der Waals surface area contributed by atoms with Crippen molar-refractivity contribution in [2.75, 3.05) is 32.1 Å². The van der Waals surface area contributed by atoms with Crippen molar-refractivity contribution < 1.29 is 18.3 Å². The Bertz CT molecular complexity index is 1680. The Kier molecular flexibility index (Phi) is 12.0. The van der Waals surface area contributed by atoms with Gasteiger partial charge in [0.25, 0.3) is 0 Å². The van der Waals surface area contributed by atoms with Crippen LogP contribution in [0.4, 0.5) is 5.82 Å². The van der Waals surface area contributed by atoms with E-state index >= 15 is 0 Å². The summed E-state index contributed by atoms with van der Waals surface area (Å²) >= 11 is 0. The molecule has 0 amide bonds. The van der Waals surface area contributed by atoms with Crippen LogP contribution >= 0.6 is 0 Å². The van der Waals surface area contributed by atoms with E-state index in [4.69, 9.17) is 39.0 Å². The highest BCUT2D eigenvalue weighted by atomic mass is 28.4. The number of aromatic nitrogens is 4. The van der Waals surface area contributed by atoms with Crippen LogP contribution in [0.1, 0.15) is 70.6 Å². The van der Waals surface area contributed by atoms with Gasteiger partial charge in [0.2, 0.25) is 0 Å². The first-order valence-electron chi connectivity index (χ1n) is 18.2. The van der Waals surface area contributed by atoms with Gasteiger partial charge in [0.05, 0.1) is 12.9 Å². The molecule has 4 aromatic rings. The van der Waals surface area contributed by atoms with E-state index in [-0.39, 0.29) is 28.2 Å². The van der Waals surface area contributed by atoms with Crippen LogP contribution in [-0.2, 0) is 24.7 Å². The molecule has 0 saturated carbocycles. The number of fused-ring (bicyclic) bond motifs is 1. The first-order chi connectivity index (χ1) is 24.0. The van der Waals surface area contributed by atoms with Crippen LogP contribution in [0.5, 0.6) is 0 Å². The Morgan fingerprint density at radius 2 is 1.39 bits per heavy atom. The van der Waals surface area contributed by atoms with E-state index in [0.29, 0.717) is 48.9 Å². The minimum atomic E-state index is -2.31. The van der Waals surface area contributed by atoms with Gasteiger partial charge in [-0.1, -0.05) is 102 Å². The molecule has 1 saturated heterocycles. The van der Waals surface area contributed by atoms with Gasteiger partial charge in [-0.15, -0.1) is 0 Å². The summed E-state index contributed by atoms with van der Waals surface area (Å²) in [4.78, 5) is 14.9. The monoisotopic (exact) mass is 732 g/mol. The summed E-state index contributed by atoms with van der Waals surface area (Å²) < 4.78 is 29.2. The van der Waals surface area contributed by atoms with Crippen molar-refractivity contribution in [3.05, 3.63) is 83.9 Å². The number of anilines is 1. The smallest absolute Gasteiger partial charge is 0.192 e. The van der Waals surface area contributed by atoms with Crippen molar-refractivity contribution in [3.63, 3.8) is 0 Å². The summed E-state index contributed by atoms with van der Waals surface area (Å²) in [6.45, 7) is 24.1. The van der Waals surface area contributed by atoms with Gasteiger partial charge < -0.3 is 29.4 Å². The zero-order chi connectivity index (χ0) is 37.2. The van der Waals surface area contributed by atoms with E-state index in [9.17, 15) is 0 Å². The van der Waals surface area contributed by atoms with Gasteiger partial charge in [0.1, 0.15) is 24.1 Å². The lowest BCUT2D eigenvalue weighted by Gasteiger charge is -2.44. The number of nitrogens with zero attached hydrogens (tertiary/aromatic N) is 4. The number of hydrogen-bond donors (Lipinski definition) is 2. The predicted molar refractivity (Wildman–Crippen MR) is 211 cm³/mol. The average Bonchev–Trinajstić information content (AvgIpc) is 3.62. The second kappa shape index (κ2) is 15.6. The average molecular weight is 733 g/mol. The van der Waals surface area contributed by atoms with Gasteiger partial charge >= 0.3 is 0 Å². The van der Waals surface area contributed by atoms with Gasteiger partial charge in [0.15, 0.2) is 39.8 Å². The zero-order valence-electron chi connectivity index (χ0n) is 32.6. The van der Waals surface area contributed by atoms with E-state index in [1.54, 1.807) is 7.11 Å². The van der Waals surface area contributed by atoms with Gasteiger partial charge in [-0.25, -0.2) is 15.0 Å². The normalized spacial score (nSPS) is 20.4. The molecule has 0 aliphatic carbocycles. The molecule has 1 aliphatic rings. The number of hydrogen-bond acceptors (Lipinski definition) is 9. The fraction of sp³-hybridized carbons (Fsp3) is 0.564. The molecule has 0 bridgehead atoms. The molecule has 2 aromatic carbocycles. The molecule has 2 aromatic heterocycles. The van der Waals surface area contributed by atoms with Crippen molar-refractivity contribution >= 4 is 33.6 Å². The highest BCUT2D eigenvalue weighted by Crippen LogP contribution is 2.46. The third-order valence-corrected chi connectivity index (χ3v) is 20.0. The van der Waals surface area contributed by atoms with Crippen molar-refractivity contribution in [1.82, 2.24) is 19.5 Å². The molecule has 1 aliphatic heterocycles. The molecule has 0 spiro atoms. The standard InChI is InChI=1S/C39H60N6O4Si2/c1-38(2,3)50(8,9)48-33-30(25-46-7)47-37(34(33)49-51(10,11)39(4,5)6)45-26-42-32-35(43-31(22-23-40)44-36(32)45)41-24-29(27-18-14-12-15-19-27)28-20-16-13-17-21-28/h12-21,26,29-30,33-34,37H,22-25,40H2,1-11H3,(H,41,43,44)/t30-,33-,34+,37-/m1/s1. The van der Waals surface area contributed by atoms with Crippen LogP contribution in [0, 0.1) is 0 Å². The lowest BCUT2D eigenvalue weighted by Crippen LogP contribution is -2.54.